The Morgan fingerprint density at radius 3 is 1.60 bits per heavy atom. The van der Waals surface area contributed by atoms with Gasteiger partial charge in [-0.1, -0.05) is 69.9 Å². The molecule has 2 nitrogen and oxygen atoms in total. The van der Waals surface area contributed by atoms with E-state index in [2.05, 4.69) is 12.1 Å². The quantitative estimate of drug-likeness (QED) is 0.298. The van der Waals surface area contributed by atoms with E-state index >= 15 is 0 Å². The SMILES string of the molecule is CCCCCCCCCCCCN=O.[H-].[Na+]. The van der Waals surface area contributed by atoms with Crippen molar-refractivity contribution >= 4 is 0 Å². The van der Waals surface area contributed by atoms with E-state index in [-0.39, 0.29) is 31.0 Å². The van der Waals surface area contributed by atoms with Crippen molar-refractivity contribution in [2.24, 2.45) is 5.18 Å². The fourth-order valence-electron chi connectivity index (χ4n) is 1.66. The second-order valence-corrected chi connectivity index (χ2v) is 4.03. The average Bonchev–Trinajstić information content (AvgIpc) is 2.21. The van der Waals surface area contributed by atoms with Gasteiger partial charge in [0.1, 0.15) is 0 Å². The van der Waals surface area contributed by atoms with Crippen LogP contribution < -0.4 is 29.6 Å². The van der Waals surface area contributed by atoms with Crippen LogP contribution in [-0.4, -0.2) is 6.54 Å². The molecule has 0 amide bonds. The van der Waals surface area contributed by atoms with Crippen LogP contribution in [0.4, 0.5) is 0 Å². The van der Waals surface area contributed by atoms with Gasteiger partial charge in [0.05, 0.1) is 6.54 Å². The van der Waals surface area contributed by atoms with E-state index in [1.165, 1.54) is 57.8 Å². The summed E-state index contributed by atoms with van der Waals surface area (Å²) < 4.78 is 0. The van der Waals surface area contributed by atoms with Crippen LogP contribution in [0.5, 0.6) is 0 Å². The summed E-state index contributed by atoms with van der Waals surface area (Å²) in [6.45, 7) is 2.76. The molecular formula is C12H26NNaO. The minimum Gasteiger partial charge on any atom is -1.00 e. The molecule has 15 heavy (non-hydrogen) atoms. The minimum atomic E-state index is 0. The first-order valence-corrected chi connectivity index (χ1v) is 6.21. The number of nitroso groups, excluding NO2 is 1. The van der Waals surface area contributed by atoms with Gasteiger partial charge in [0.25, 0.3) is 0 Å². The zero-order valence-corrected chi connectivity index (χ0v) is 12.6. The maximum atomic E-state index is 9.79. The maximum absolute atomic E-state index is 9.79. The van der Waals surface area contributed by atoms with Crippen molar-refractivity contribution < 1.29 is 31.0 Å². The molecule has 0 unspecified atom stereocenters. The van der Waals surface area contributed by atoms with Crippen LogP contribution in [0.2, 0.25) is 0 Å². The van der Waals surface area contributed by atoms with E-state index in [0.29, 0.717) is 6.54 Å². The molecule has 0 rings (SSSR count). The first-order valence-electron chi connectivity index (χ1n) is 6.21. The third kappa shape index (κ3) is 17.2. The molecule has 0 aliphatic heterocycles. The van der Waals surface area contributed by atoms with Crippen LogP contribution in [0.15, 0.2) is 5.18 Å². The number of hydrogen-bond donors (Lipinski definition) is 0. The van der Waals surface area contributed by atoms with Gasteiger partial charge in [-0.15, -0.1) is 0 Å². The summed E-state index contributed by atoms with van der Waals surface area (Å²) >= 11 is 0. The van der Waals surface area contributed by atoms with Crippen molar-refractivity contribution in [2.45, 2.75) is 71.1 Å². The number of unbranched alkanes of at least 4 members (excludes halogenated alkanes) is 9. The topological polar surface area (TPSA) is 29.4 Å². The molecule has 3 heteroatoms. The molecule has 0 radical (unpaired) electrons. The summed E-state index contributed by atoms with van der Waals surface area (Å²) in [6, 6.07) is 0. The van der Waals surface area contributed by atoms with E-state index in [9.17, 15) is 4.91 Å². The first-order chi connectivity index (χ1) is 6.91. The minimum absolute atomic E-state index is 0. The Labute approximate surface area is 118 Å². The van der Waals surface area contributed by atoms with Crippen LogP contribution in [0.25, 0.3) is 0 Å². The standard InChI is InChI=1S/C12H25NO.Na.H/c1-2-3-4-5-6-7-8-9-10-11-12-13-14;;/h2-12H2,1H3;;/q;+1;-1. The second kappa shape index (κ2) is 17.0. The molecule has 0 saturated carbocycles. The van der Waals surface area contributed by atoms with Gasteiger partial charge in [0.15, 0.2) is 0 Å². The van der Waals surface area contributed by atoms with Crippen LogP contribution >= 0.6 is 0 Å². The van der Waals surface area contributed by atoms with Gasteiger partial charge in [-0.25, -0.2) is 0 Å². The van der Waals surface area contributed by atoms with Gasteiger partial charge in [0, 0.05) is 0 Å². The number of rotatable bonds is 11. The Balaban J connectivity index is -0.000000845. The average molecular weight is 223 g/mol. The van der Waals surface area contributed by atoms with Crippen LogP contribution in [0, 0.1) is 4.91 Å². The van der Waals surface area contributed by atoms with E-state index < -0.39 is 0 Å². The van der Waals surface area contributed by atoms with Crippen molar-refractivity contribution in [1.82, 2.24) is 0 Å². The van der Waals surface area contributed by atoms with E-state index in [4.69, 9.17) is 0 Å². The van der Waals surface area contributed by atoms with Crippen LogP contribution in [-0.2, 0) is 0 Å². The van der Waals surface area contributed by atoms with Crippen molar-refractivity contribution in [3.05, 3.63) is 4.91 Å². The summed E-state index contributed by atoms with van der Waals surface area (Å²) in [7, 11) is 0. The fraction of sp³-hybridized carbons (Fsp3) is 1.00. The van der Waals surface area contributed by atoms with Crippen molar-refractivity contribution in [3.63, 3.8) is 0 Å². The first kappa shape index (κ1) is 18.0. The summed E-state index contributed by atoms with van der Waals surface area (Å²) in [6.07, 6.45) is 13.1. The molecule has 0 aliphatic rings. The van der Waals surface area contributed by atoms with Crippen LogP contribution in [0.1, 0.15) is 72.6 Å². The molecule has 0 saturated heterocycles. The van der Waals surface area contributed by atoms with Gasteiger partial charge >= 0.3 is 29.6 Å². The normalized spacial score (nSPS) is 9.67. The third-order valence-corrected chi connectivity index (χ3v) is 2.60. The predicted octanol–water partition coefficient (Wildman–Crippen LogP) is 1.79. The van der Waals surface area contributed by atoms with Gasteiger partial charge in [0.2, 0.25) is 0 Å². The predicted molar refractivity (Wildman–Crippen MR) is 63.6 cm³/mol. The molecule has 0 atom stereocenters. The zero-order valence-electron chi connectivity index (χ0n) is 11.6. The molecule has 0 aliphatic carbocycles. The molecule has 0 aromatic heterocycles. The van der Waals surface area contributed by atoms with Gasteiger partial charge in [-0.2, -0.15) is 4.91 Å². The Kier molecular flexibility index (Phi) is 20.4. The van der Waals surface area contributed by atoms with Crippen molar-refractivity contribution in [3.8, 4) is 0 Å². The number of nitrogens with zero attached hydrogens (tertiary/aromatic N) is 1. The van der Waals surface area contributed by atoms with Gasteiger partial charge < -0.3 is 1.43 Å². The molecule has 0 spiro atoms. The zero-order chi connectivity index (χ0) is 10.5. The molecular weight excluding hydrogens is 197 g/mol. The van der Waals surface area contributed by atoms with E-state index in [1.807, 2.05) is 0 Å². The summed E-state index contributed by atoms with van der Waals surface area (Å²) in [5.74, 6) is 0. The van der Waals surface area contributed by atoms with Crippen molar-refractivity contribution in [1.29, 1.82) is 0 Å². The summed E-state index contributed by atoms with van der Waals surface area (Å²) in [5.41, 5.74) is 0. The number of hydrogen-bond acceptors (Lipinski definition) is 2. The Hall–Kier alpha value is 0.600. The Bertz CT molecular complexity index is 126. The Morgan fingerprint density at radius 1 is 0.800 bits per heavy atom. The van der Waals surface area contributed by atoms with Gasteiger partial charge in [-0.3, -0.25) is 0 Å². The Morgan fingerprint density at radius 2 is 1.20 bits per heavy atom. The summed E-state index contributed by atoms with van der Waals surface area (Å²) in [4.78, 5) is 9.79. The molecule has 0 fully saturated rings. The van der Waals surface area contributed by atoms with E-state index in [1.54, 1.807) is 0 Å². The molecule has 0 heterocycles. The monoisotopic (exact) mass is 223 g/mol. The molecule has 0 bridgehead atoms. The molecule has 0 N–H and O–H groups in total. The van der Waals surface area contributed by atoms with Crippen LogP contribution in [0.3, 0.4) is 0 Å². The molecule has 0 aromatic carbocycles. The third-order valence-electron chi connectivity index (χ3n) is 2.60. The fourth-order valence-corrected chi connectivity index (χ4v) is 1.66. The second-order valence-electron chi connectivity index (χ2n) is 4.03. The smallest absolute Gasteiger partial charge is 1.00 e. The summed E-state index contributed by atoms with van der Waals surface area (Å²) in [5, 5.41) is 2.85. The van der Waals surface area contributed by atoms with Crippen molar-refractivity contribution in [2.75, 3.05) is 6.54 Å². The van der Waals surface area contributed by atoms with Gasteiger partial charge in [-0.05, 0) is 6.42 Å². The van der Waals surface area contributed by atoms with E-state index in [0.717, 1.165) is 6.42 Å². The maximum Gasteiger partial charge on any atom is 1.00 e. The molecule has 0 aromatic rings. The molecule has 86 valence electrons. The largest absolute Gasteiger partial charge is 1.00 e.